The number of aromatic nitrogens is 2. The van der Waals surface area contributed by atoms with Crippen LogP contribution in [0.2, 0.25) is 0 Å². The molecule has 0 aliphatic carbocycles. The fraction of sp³-hybridized carbons (Fsp3) is 0.444. The number of carbonyl (C=O) groups excluding carboxylic acids is 1. The summed E-state index contributed by atoms with van der Waals surface area (Å²) in [4.78, 5) is 24.7. The zero-order chi connectivity index (χ0) is 24.2. The van der Waals surface area contributed by atoms with Gasteiger partial charge in [-0.3, -0.25) is 0 Å². The predicted molar refractivity (Wildman–Crippen MR) is 131 cm³/mol. The molecule has 4 heterocycles. The summed E-state index contributed by atoms with van der Waals surface area (Å²) in [6, 6.07) is 11.4. The van der Waals surface area contributed by atoms with E-state index < -0.39 is 6.10 Å². The highest BCUT2D eigenvalue weighted by Gasteiger charge is 2.41. The summed E-state index contributed by atoms with van der Waals surface area (Å²) in [5, 5.41) is 20.1. The number of H-pyrrole nitrogens is 1. The summed E-state index contributed by atoms with van der Waals surface area (Å²) < 4.78 is 5.16. The monoisotopic (exact) mass is 471 g/mol. The van der Waals surface area contributed by atoms with Crippen LogP contribution in [0.3, 0.4) is 0 Å². The van der Waals surface area contributed by atoms with E-state index in [1.807, 2.05) is 31.2 Å². The van der Waals surface area contributed by atoms with E-state index >= 15 is 0 Å². The minimum atomic E-state index is -0.584. The van der Waals surface area contributed by atoms with E-state index in [-0.39, 0.29) is 11.4 Å². The van der Waals surface area contributed by atoms with Gasteiger partial charge >= 0.3 is 5.97 Å². The minimum absolute atomic E-state index is 0.273. The molecule has 3 aliphatic heterocycles. The third-order valence-corrected chi connectivity index (χ3v) is 8.25. The Labute approximate surface area is 204 Å². The number of hydrogen-bond donors (Lipinski definition) is 2. The molecule has 8 nitrogen and oxygen atoms in total. The third-order valence-electron chi connectivity index (χ3n) is 8.25. The number of β-amino-alcohol motifs (C(OH)–C–C–N with tert-alkyl or cyclic N) is 1. The highest BCUT2D eigenvalue weighted by atomic mass is 16.5. The van der Waals surface area contributed by atoms with Gasteiger partial charge in [0, 0.05) is 25.2 Å². The van der Waals surface area contributed by atoms with E-state index in [4.69, 9.17) is 15.0 Å². The number of anilines is 1. The van der Waals surface area contributed by atoms with Crippen LogP contribution in [-0.2, 0) is 11.3 Å². The molecule has 0 saturated carbocycles. The normalized spacial score (nSPS) is 20.3. The number of nitriles is 1. The second-order valence-corrected chi connectivity index (χ2v) is 10.3. The molecular formula is C27H29N5O3. The molecule has 0 radical (unpaired) electrons. The Morgan fingerprint density at radius 1 is 1.23 bits per heavy atom. The number of fused-ring (bicyclic) bond motifs is 2. The topological polar surface area (TPSA) is 105 Å². The fourth-order valence-electron chi connectivity index (χ4n) is 6.02. The lowest BCUT2D eigenvalue weighted by Gasteiger charge is -2.40. The van der Waals surface area contributed by atoms with Crippen LogP contribution < -0.4 is 4.90 Å². The van der Waals surface area contributed by atoms with Crippen molar-refractivity contribution in [2.75, 3.05) is 37.6 Å². The Morgan fingerprint density at radius 3 is 2.83 bits per heavy atom. The van der Waals surface area contributed by atoms with Crippen molar-refractivity contribution in [1.82, 2.24) is 14.9 Å². The molecule has 1 spiro atoms. The number of ether oxygens (including phenoxy) is 1. The van der Waals surface area contributed by atoms with Gasteiger partial charge in [-0.25, -0.2) is 9.78 Å². The zero-order valence-corrected chi connectivity index (χ0v) is 19.9. The number of aliphatic hydroxyl groups is 1. The van der Waals surface area contributed by atoms with Crippen LogP contribution in [0.15, 0.2) is 30.3 Å². The van der Waals surface area contributed by atoms with Crippen LogP contribution in [0.25, 0.3) is 11.0 Å². The fourth-order valence-corrected chi connectivity index (χ4v) is 6.02. The van der Waals surface area contributed by atoms with Gasteiger partial charge in [-0.1, -0.05) is 6.07 Å². The van der Waals surface area contributed by atoms with E-state index in [2.05, 4.69) is 20.9 Å². The molecule has 0 amide bonds. The molecule has 1 aromatic heterocycles. The summed E-state index contributed by atoms with van der Waals surface area (Å²) in [6.07, 6.45) is 2.75. The maximum absolute atomic E-state index is 11.8. The third kappa shape index (κ3) is 3.85. The average Bonchev–Trinajstić information content (AvgIpc) is 3.58. The average molecular weight is 472 g/mol. The first-order valence-electron chi connectivity index (χ1n) is 12.3. The summed E-state index contributed by atoms with van der Waals surface area (Å²) in [7, 11) is 0. The van der Waals surface area contributed by atoms with Crippen molar-refractivity contribution >= 4 is 23.0 Å². The quantitative estimate of drug-likeness (QED) is 0.562. The molecule has 6 rings (SSSR count). The van der Waals surface area contributed by atoms with Crippen LogP contribution in [0.4, 0.5) is 5.95 Å². The van der Waals surface area contributed by atoms with Gasteiger partial charge in [0.05, 0.1) is 34.3 Å². The second-order valence-electron chi connectivity index (χ2n) is 10.3. The lowest BCUT2D eigenvalue weighted by Crippen LogP contribution is -2.43. The van der Waals surface area contributed by atoms with Crippen molar-refractivity contribution in [2.45, 2.75) is 38.9 Å². The Hall–Kier alpha value is -3.41. The number of aliphatic hydroxyl groups excluding tert-OH is 1. The smallest absolute Gasteiger partial charge is 0.338 e. The standard InChI is InChI=1S/C27H29N5O3/c1-17-19(3-4-20-21(17)15-35-25(20)34)24(33)14-31-9-6-27(7-10-31)8-11-32(16-27)26-29-22-5-2-18(13-28)12-23(22)30-26/h2-5,12,24,33H,6-11,14-16H2,1H3,(H,29,30)/t24-/m0/s1. The van der Waals surface area contributed by atoms with Crippen molar-refractivity contribution in [1.29, 1.82) is 5.26 Å². The Morgan fingerprint density at radius 2 is 2.03 bits per heavy atom. The number of likely N-dealkylation sites (tertiary alicyclic amines) is 1. The van der Waals surface area contributed by atoms with Gasteiger partial charge in [-0.15, -0.1) is 0 Å². The highest BCUT2D eigenvalue weighted by Crippen LogP contribution is 2.42. The summed E-state index contributed by atoms with van der Waals surface area (Å²) in [6.45, 7) is 6.74. The lowest BCUT2D eigenvalue weighted by molar-refractivity contribution is 0.0534. The van der Waals surface area contributed by atoms with Gasteiger partial charge in [0.1, 0.15) is 6.61 Å². The molecule has 0 bridgehead atoms. The van der Waals surface area contributed by atoms with Gasteiger partial charge in [0.15, 0.2) is 0 Å². The van der Waals surface area contributed by atoms with E-state index in [0.717, 1.165) is 79.1 Å². The van der Waals surface area contributed by atoms with Crippen LogP contribution in [0.5, 0.6) is 0 Å². The number of hydrogen-bond acceptors (Lipinski definition) is 7. The van der Waals surface area contributed by atoms with Gasteiger partial charge < -0.3 is 24.6 Å². The molecule has 2 fully saturated rings. The van der Waals surface area contributed by atoms with E-state index in [0.29, 0.717) is 24.3 Å². The predicted octanol–water partition coefficient (Wildman–Crippen LogP) is 3.44. The van der Waals surface area contributed by atoms with Gasteiger partial charge in [0.25, 0.3) is 0 Å². The molecule has 0 unspecified atom stereocenters. The largest absolute Gasteiger partial charge is 0.457 e. The molecular weight excluding hydrogens is 442 g/mol. The van der Waals surface area contributed by atoms with Crippen molar-refractivity contribution in [3.8, 4) is 6.07 Å². The Kier molecular flexibility index (Phi) is 5.28. The maximum Gasteiger partial charge on any atom is 0.338 e. The van der Waals surface area contributed by atoms with Crippen LogP contribution in [-0.4, -0.2) is 58.7 Å². The van der Waals surface area contributed by atoms with E-state index in [1.54, 1.807) is 6.07 Å². The maximum atomic E-state index is 11.8. The number of imidazole rings is 1. The molecule has 3 aliphatic rings. The van der Waals surface area contributed by atoms with Crippen molar-refractivity contribution in [3.05, 3.63) is 58.1 Å². The number of esters is 1. The molecule has 2 N–H and O–H groups in total. The van der Waals surface area contributed by atoms with Crippen molar-refractivity contribution in [2.24, 2.45) is 5.41 Å². The molecule has 8 heteroatoms. The molecule has 35 heavy (non-hydrogen) atoms. The molecule has 1 atom stereocenters. The van der Waals surface area contributed by atoms with Crippen molar-refractivity contribution < 1.29 is 14.6 Å². The van der Waals surface area contributed by atoms with Crippen LogP contribution in [0.1, 0.15) is 58.0 Å². The van der Waals surface area contributed by atoms with Gasteiger partial charge in [0.2, 0.25) is 5.95 Å². The lowest BCUT2D eigenvalue weighted by atomic mass is 9.77. The van der Waals surface area contributed by atoms with Crippen LogP contribution >= 0.6 is 0 Å². The molecule has 2 saturated heterocycles. The van der Waals surface area contributed by atoms with Gasteiger partial charge in [-0.05, 0) is 80.1 Å². The number of cyclic esters (lactones) is 1. The zero-order valence-electron chi connectivity index (χ0n) is 19.9. The van der Waals surface area contributed by atoms with Crippen LogP contribution in [0, 0.1) is 23.7 Å². The van der Waals surface area contributed by atoms with Crippen molar-refractivity contribution in [3.63, 3.8) is 0 Å². The first-order valence-corrected chi connectivity index (χ1v) is 12.3. The summed E-state index contributed by atoms with van der Waals surface area (Å²) in [5.41, 5.74) is 6.08. The number of nitrogens with one attached hydrogen (secondary N) is 1. The number of piperidine rings is 1. The molecule has 2 aromatic carbocycles. The summed E-state index contributed by atoms with van der Waals surface area (Å²) in [5.74, 6) is 0.616. The number of benzene rings is 2. The molecule has 3 aromatic rings. The van der Waals surface area contributed by atoms with E-state index in [9.17, 15) is 9.90 Å². The number of carbonyl (C=O) groups is 1. The minimum Gasteiger partial charge on any atom is -0.457 e. The number of rotatable bonds is 4. The number of aromatic amines is 1. The SMILES string of the molecule is Cc1c([C@@H](O)CN2CCC3(CC2)CCN(c2nc4cc(C#N)ccc4[nH]2)C3)ccc2c1COC2=O. The van der Waals surface area contributed by atoms with Gasteiger partial charge in [-0.2, -0.15) is 5.26 Å². The molecule has 180 valence electrons. The number of nitrogens with zero attached hydrogens (tertiary/aromatic N) is 4. The first-order chi connectivity index (χ1) is 16.9. The highest BCUT2D eigenvalue weighted by molar-refractivity contribution is 5.94. The Balaban J connectivity index is 1.08. The Bertz CT molecular complexity index is 1350. The first kappa shape index (κ1) is 22.1. The van der Waals surface area contributed by atoms with E-state index in [1.165, 1.54) is 0 Å². The second kappa shape index (κ2) is 8.36. The summed E-state index contributed by atoms with van der Waals surface area (Å²) >= 11 is 0.